The Kier molecular flexibility index (Phi) is 6.58. The maximum atomic E-state index is 10.9. The summed E-state index contributed by atoms with van der Waals surface area (Å²) in [4.78, 5) is 24.7. The molecule has 5 nitrogen and oxygen atoms in total. The number of carbonyl (C=O) groups excluding carboxylic acids is 2. The topological polar surface area (TPSA) is 57.0 Å². The maximum Gasteiger partial charge on any atom is 0.390 e. The van der Waals surface area contributed by atoms with Crippen LogP contribution in [0, 0.1) is 6.57 Å². The van der Waals surface area contributed by atoms with Crippen LogP contribution in [0.3, 0.4) is 0 Å². The quantitative estimate of drug-likeness (QED) is 0.491. The Labute approximate surface area is 86.6 Å². The molecule has 0 aliphatic carbocycles. The largest absolute Gasteiger partial charge is 0.468 e. The second kappa shape index (κ2) is 7.21. The van der Waals surface area contributed by atoms with Crippen molar-refractivity contribution < 1.29 is 19.1 Å². The zero-order valence-corrected chi connectivity index (χ0v) is 8.80. The number of methoxy groups -OCH3 is 2. The summed E-state index contributed by atoms with van der Waals surface area (Å²) in [7, 11) is 2.51. The molecule has 0 aromatic heterocycles. The summed E-state index contributed by atoms with van der Waals surface area (Å²) >= 11 is 1.17. The monoisotopic (exact) mass is 217 g/mol. The molecule has 1 atom stereocenters. The van der Waals surface area contributed by atoms with Gasteiger partial charge < -0.3 is 14.3 Å². The zero-order valence-electron chi connectivity index (χ0n) is 7.98. The summed E-state index contributed by atoms with van der Waals surface area (Å²) in [5, 5.41) is 0. The summed E-state index contributed by atoms with van der Waals surface area (Å²) < 4.78 is 8.80. The highest BCUT2D eigenvalue weighted by atomic mass is 32.2. The Morgan fingerprint density at radius 3 is 2.50 bits per heavy atom. The molecule has 0 radical (unpaired) electrons. The Bertz CT molecular complexity index is 248. The molecule has 78 valence electrons. The van der Waals surface area contributed by atoms with Crippen molar-refractivity contribution in [3.63, 3.8) is 0 Å². The SMILES string of the molecule is [C-]#[N+]C(CSCC(=O)OC)C(=O)OC. The van der Waals surface area contributed by atoms with Crippen LogP contribution in [-0.4, -0.2) is 43.7 Å². The van der Waals surface area contributed by atoms with E-state index in [9.17, 15) is 9.59 Å². The molecule has 0 spiro atoms. The first kappa shape index (κ1) is 12.8. The number of hydrogen-bond acceptors (Lipinski definition) is 5. The molecule has 0 fully saturated rings. The lowest BCUT2D eigenvalue weighted by Crippen LogP contribution is -2.21. The number of ether oxygens (including phenoxy) is 2. The van der Waals surface area contributed by atoms with Crippen molar-refractivity contribution >= 4 is 23.7 Å². The number of hydrogen-bond donors (Lipinski definition) is 0. The van der Waals surface area contributed by atoms with Crippen molar-refractivity contribution in [1.82, 2.24) is 0 Å². The predicted molar refractivity (Wildman–Crippen MR) is 51.7 cm³/mol. The molecule has 0 aromatic carbocycles. The molecule has 6 heteroatoms. The third-order valence-corrected chi connectivity index (χ3v) is 2.34. The van der Waals surface area contributed by atoms with Crippen molar-refractivity contribution in [2.24, 2.45) is 0 Å². The number of thioether (sulfide) groups is 1. The van der Waals surface area contributed by atoms with Gasteiger partial charge in [-0.1, -0.05) is 0 Å². The highest BCUT2D eigenvalue weighted by Crippen LogP contribution is 2.07. The van der Waals surface area contributed by atoms with Gasteiger partial charge in [-0.3, -0.25) is 4.79 Å². The van der Waals surface area contributed by atoms with Crippen LogP contribution in [-0.2, 0) is 19.1 Å². The van der Waals surface area contributed by atoms with E-state index in [1.165, 1.54) is 26.0 Å². The third kappa shape index (κ3) is 4.72. The van der Waals surface area contributed by atoms with Gasteiger partial charge in [0.2, 0.25) is 0 Å². The Morgan fingerprint density at radius 2 is 2.07 bits per heavy atom. The predicted octanol–water partition coefficient (Wildman–Crippen LogP) is 0.353. The molecule has 0 heterocycles. The standard InChI is InChI=1S/C8H11NO4S/c1-9-6(8(11)13-3)4-14-5-7(10)12-2/h6H,4-5H2,2-3H3. The van der Waals surface area contributed by atoms with Crippen molar-refractivity contribution in [2.75, 3.05) is 25.7 Å². The average Bonchev–Trinajstić information content (AvgIpc) is 2.22. The van der Waals surface area contributed by atoms with Gasteiger partial charge in [0.15, 0.2) is 0 Å². The van der Waals surface area contributed by atoms with Gasteiger partial charge in [-0.05, 0) is 0 Å². The molecule has 0 N–H and O–H groups in total. The molecule has 0 aromatic rings. The fourth-order valence-corrected chi connectivity index (χ4v) is 1.44. The first-order valence-electron chi connectivity index (χ1n) is 3.74. The third-order valence-electron chi connectivity index (χ3n) is 1.35. The summed E-state index contributed by atoms with van der Waals surface area (Å²) in [6, 6.07) is -0.838. The molecule has 0 saturated heterocycles. The van der Waals surface area contributed by atoms with Crippen LogP contribution in [0.1, 0.15) is 0 Å². The Morgan fingerprint density at radius 1 is 1.43 bits per heavy atom. The summed E-state index contributed by atoms with van der Waals surface area (Å²) in [5.74, 6) is -0.564. The van der Waals surface area contributed by atoms with Crippen LogP contribution in [0.15, 0.2) is 0 Å². The van der Waals surface area contributed by atoms with Crippen LogP contribution in [0.25, 0.3) is 4.85 Å². The molecular formula is C8H11NO4S. The van der Waals surface area contributed by atoms with E-state index >= 15 is 0 Å². The van der Waals surface area contributed by atoms with E-state index in [-0.39, 0.29) is 17.5 Å². The van der Waals surface area contributed by atoms with Crippen LogP contribution < -0.4 is 0 Å². The van der Waals surface area contributed by atoms with Gasteiger partial charge in [0.25, 0.3) is 0 Å². The van der Waals surface area contributed by atoms with E-state index in [0.29, 0.717) is 0 Å². The first-order valence-corrected chi connectivity index (χ1v) is 4.90. The van der Waals surface area contributed by atoms with Gasteiger partial charge in [0.05, 0.1) is 25.7 Å². The fraction of sp³-hybridized carbons (Fsp3) is 0.625. The summed E-state index contributed by atoms with van der Waals surface area (Å²) in [6.07, 6.45) is 0. The van der Waals surface area contributed by atoms with Crippen molar-refractivity contribution in [3.8, 4) is 0 Å². The van der Waals surface area contributed by atoms with Crippen LogP contribution >= 0.6 is 11.8 Å². The van der Waals surface area contributed by atoms with Crippen molar-refractivity contribution in [3.05, 3.63) is 11.4 Å². The van der Waals surface area contributed by atoms with E-state index in [0.717, 1.165) is 0 Å². The molecule has 0 amide bonds. The summed E-state index contributed by atoms with van der Waals surface area (Å²) in [6.45, 7) is 6.72. The van der Waals surface area contributed by atoms with E-state index < -0.39 is 12.0 Å². The molecule has 0 saturated carbocycles. The van der Waals surface area contributed by atoms with Crippen molar-refractivity contribution in [2.45, 2.75) is 6.04 Å². The van der Waals surface area contributed by atoms with Crippen LogP contribution in [0.5, 0.6) is 0 Å². The summed E-state index contributed by atoms with van der Waals surface area (Å²) in [5.41, 5.74) is 0. The van der Waals surface area contributed by atoms with E-state index in [1.807, 2.05) is 0 Å². The van der Waals surface area contributed by atoms with E-state index in [4.69, 9.17) is 6.57 Å². The maximum absolute atomic E-state index is 10.9. The number of rotatable bonds is 5. The Balaban J connectivity index is 3.81. The normalized spacial score (nSPS) is 11.2. The second-order valence-electron chi connectivity index (χ2n) is 2.26. The minimum atomic E-state index is -0.838. The van der Waals surface area contributed by atoms with Gasteiger partial charge in [0, 0.05) is 0 Å². The van der Waals surface area contributed by atoms with Gasteiger partial charge in [-0.15, -0.1) is 11.8 Å². The minimum absolute atomic E-state index is 0.138. The molecule has 0 rings (SSSR count). The molecule has 1 unspecified atom stereocenters. The highest BCUT2D eigenvalue weighted by molar-refractivity contribution is 8.00. The lowest BCUT2D eigenvalue weighted by molar-refractivity contribution is -0.140. The lowest BCUT2D eigenvalue weighted by atomic mass is 10.4. The van der Waals surface area contributed by atoms with Crippen LogP contribution in [0.4, 0.5) is 0 Å². The zero-order chi connectivity index (χ0) is 11.0. The van der Waals surface area contributed by atoms with Gasteiger partial charge in [-0.25, -0.2) is 11.4 Å². The number of carbonyl (C=O) groups is 2. The molecule has 0 aliphatic rings. The van der Waals surface area contributed by atoms with Crippen LogP contribution in [0.2, 0.25) is 0 Å². The van der Waals surface area contributed by atoms with Gasteiger partial charge in [-0.2, -0.15) is 0 Å². The molecule has 0 aliphatic heterocycles. The minimum Gasteiger partial charge on any atom is -0.468 e. The fourth-order valence-electron chi connectivity index (χ4n) is 0.607. The highest BCUT2D eigenvalue weighted by Gasteiger charge is 2.24. The Hall–Kier alpha value is -1.22. The number of nitrogens with zero attached hydrogens (tertiary/aromatic N) is 1. The molecular weight excluding hydrogens is 206 g/mol. The van der Waals surface area contributed by atoms with E-state index in [1.54, 1.807) is 0 Å². The molecule has 14 heavy (non-hydrogen) atoms. The number of esters is 2. The van der Waals surface area contributed by atoms with Crippen molar-refractivity contribution in [1.29, 1.82) is 0 Å². The smallest absolute Gasteiger partial charge is 0.390 e. The van der Waals surface area contributed by atoms with Gasteiger partial charge in [0.1, 0.15) is 0 Å². The first-order chi connectivity index (χ1) is 6.65. The average molecular weight is 217 g/mol. The van der Waals surface area contributed by atoms with Gasteiger partial charge >= 0.3 is 18.0 Å². The molecule has 0 bridgehead atoms. The second-order valence-corrected chi connectivity index (χ2v) is 3.29. The van der Waals surface area contributed by atoms with E-state index in [2.05, 4.69) is 14.3 Å². The lowest BCUT2D eigenvalue weighted by Gasteiger charge is -2.02.